The maximum atomic E-state index is 12.6. The van der Waals surface area contributed by atoms with Crippen LogP contribution < -0.4 is 0 Å². The van der Waals surface area contributed by atoms with Crippen LogP contribution >= 0.6 is 0 Å². The fourth-order valence-electron chi connectivity index (χ4n) is 2.60. The quantitative estimate of drug-likeness (QED) is 0.866. The predicted octanol–water partition coefficient (Wildman–Crippen LogP) is 1.96. The molecule has 0 spiro atoms. The number of aromatic nitrogens is 2. The number of rotatable bonds is 3. The van der Waals surface area contributed by atoms with Crippen molar-refractivity contribution >= 4 is 5.91 Å². The number of morpholine rings is 1. The molecule has 1 fully saturated rings. The molecule has 5 heteroatoms. The van der Waals surface area contributed by atoms with Gasteiger partial charge < -0.3 is 14.2 Å². The average Bonchev–Trinajstić information content (AvgIpc) is 3.04. The zero-order valence-electron chi connectivity index (χ0n) is 12.1. The van der Waals surface area contributed by atoms with Crippen LogP contribution in [-0.4, -0.2) is 46.7 Å². The predicted molar refractivity (Wildman–Crippen MR) is 79.2 cm³/mol. The van der Waals surface area contributed by atoms with E-state index in [4.69, 9.17) is 4.74 Å². The third-order valence-electron chi connectivity index (χ3n) is 3.88. The summed E-state index contributed by atoms with van der Waals surface area (Å²) < 4.78 is 7.24. The lowest BCUT2D eigenvalue weighted by Gasteiger charge is -2.27. The van der Waals surface area contributed by atoms with Crippen molar-refractivity contribution in [2.24, 2.45) is 0 Å². The lowest BCUT2D eigenvalue weighted by atomic mass is 10.1. The van der Waals surface area contributed by atoms with Gasteiger partial charge in [0.05, 0.1) is 31.8 Å². The van der Waals surface area contributed by atoms with Crippen LogP contribution in [0.5, 0.6) is 0 Å². The summed E-state index contributed by atoms with van der Waals surface area (Å²) in [6, 6.07) is 10.2. The second-order valence-corrected chi connectivity index (χ2v) is 5.18. The molecule has 0 N–H and O–H groups in total. The van der Waals surface area contributed by atoms with Crippen LogP contribution in [0.2, 0.25) is 0 Å². The number of carbonyl (C=O) groups excluding carboxylic acids is 1. The first-order chi connectivity index (χ1) is 10.3. The number of nitrogens with zero attached hydrogens (tertiary/aromatic N) is 3. The van der Waals surface area contributed by atoms with E-state index < -0.39 is 0 Å². The van der Waals surface area contributed by atoms with E-state index in [0.29, 0.717) is 32.0 Å². The van der Waals surface area contributed by atoms with Crippen molar-refractivity contribution in [1.29, 1.82) is 0 Å². The Kier molecular flexibility index (Phi) is 4.01. The molecule has 0 aliphatic carbocycles. The van der Waals surface area contributed by atoms with Crippen molar-refractivity contribution in [3.63, 3.8) is 0 Å². The minimum absolute atomic E-state index is 0.0265. The third kappa shape index (κ3) is 2.83. The number of ether oxygens (including phenoxy) is 1. The SMILES string of the molecule is CC(c1ccccc1)n1cncc1C(=O)N1CCOCC1. The number of benzene rings is 1. The van der Waals surface area contributed by atoms with Gasteiger partial charge >= 0.3 is 0 Å². The minimum Gasteiger partial charge on any atom is -0.378 e. The molecule has 1 aliphatic heterocycles. The van der Waals surface area contributed by atoms with E-state index in [2.05, 4.69) is 24.0 Å². The molecule has 1 saturated heterocycles. The Morgan fingerprint density at radius 3 is 2.67 bits per heavy atom. The molecule has 110 valence electrons. The van der Waals surface area contributed by atoms with Crippen LogP contribution in [0.25, 0.3) is 0 Å². The first-order valence-corrected chi connectivity index (χ1v) is 7.21. The highest BCUT2D eigenvalue weighted by Crippen LogP contribution is 2.20. The normalized spacial score (nSPS) is 16.7. The molecule has 21 heavy (non-hydrogen) atoms. The fourth-order valence-corrected chi connectivity index (χ4v) is 2.60. The van der Waals surface area contributed by atoms with Gasteiger partial charge in [0.2, 0.25) is 0 Å². The molecule has 1 unspecified atom stereocenters. The molecule has 1 aromatic carbocycles. The van der Waals surface area contributed by atoms with E-state index in [0.717, 1.165) is 5.56 Å². The molecule has 3 rings (SSSR count). The fraction of sp³-hybridized carbons (Fsp3) is 0.375. The van der Waals surface area contributed by atoms with Crippen LogP contribution in [0.1, 0.15) is 29.0 Å². The molecule has 0 bridgehead atoms. The number of hydrogen-bond donors (Lipinski definition) is 0. The van der Waals surface area contributed by atoms with Crippen LogP contribution in [0, 0.1) is 0 Å². The summed E-state index contributed by atoms with van der Waals surface area (Å²) >= 11 is 0. The molecule has 1 aromatic heterocycles. The number of carbonyl (C=O) groups is 1. The van der Waals surface area contributed by atoms with Crippen molar-refractivity contribution in [2.45, 2.75) is 13.0 Å². The lowest BCUT2D eigenvalue weighted by Crippen LogP contribution is -2.41. The molecule has 2 heterocycles. The highest BCUT2D eigenvalue weighted by Gasteiger charge is 2.23. The number of amides is 1. The van der Waals surface area contributed by atoms with E-state index >= 15 is 0 Å². The van der Waals surface area contributed by atoms with Gasteiger partial charge in [-0.1, -0.05) is 30.3 Å². The van der Waals surface area contributed by atoms with Gasteiger partial charge in [0.25, 0.3) is 5.91 Å². The zero-order chi connectivity index (χ0) is 14.7. The van der Waals surface area contributed by atoms with E-state index in [-0.39, 0.29) is 11.9 Å². The van der Waals surface area contributed by atoms with Crippen LogP contribution in [0.4, 0.5) is 0 Å². The molecular formula is C16H19N3O2. The molecular weight excluding hydrogens is 266 g/mol. The summed E-state index contributed by atoms with van der Waals surface area (Å²) in [7, 11) is 0. The van der Waals surface area contributed by atoms with E-state index in [1.807, 2.05) is 27.7 Å². The third-order valence-corrected chi connectivity index (χ3v) is 3.88. The molecule has 1 aliphatic rings. The summed E-state index contributed by atoms with van der Waals surface area (Å²) in [4.78, 5) is 18.6. The van der Waals surface area contributed by atoms with Crippen molar-refractivity contribution in [1.82, 2.24) is 14.5 Å². The molecule has 0 radical (unpaired) electrons. The minimum atomic E-state index is 0.0265. The average molecular weight is 285 g/mol. The summed E-state index contributed by atoms with van der Waals surface area (Å²) in [5, 5.41) is 0. The van der Waals surface area contributed by atoms with Gasteiger partial charge in [0.1, 0.15) is 5.69 Å². The highest BCUT2D eigenvalue weighted by molar-refractivity contribution is 5.92. The number of hydrogen-bond acceptors (Lipinski definition) is 3. The Bertz CT molecular complexity index is 603. The Hall–Kier alpha value is -2.14. The largest absolute Gasteiger partial charge is 0.378 e. The summed E-state index contributed by atoms with van der Waals surface area (Å²) in [5.74, 6) is 0.0265. The van der Waals surface area contributed by atoms with Crippen LogP contribution in [0.15, 0.2) is 42.9 Å². The van der Waals surface area contributed by atoms with Crippen LogP contribution in [-0.2, 0) is 4.74 Å². The Morgan fingerprint density at radius 2 is 1.95 bits per heavy atom. The smallest absolute Gasteiger partial charge is 0.272 e. The lowest BCUT2D eigenvalue weighted by molar-refractivity contribution is 0.0295. The van der Waals surface area contributed by atoms with Gasteiger partial charge in [-0.2, -0.15) is 0 Å². The topological polar surface area (TPSA) is 47.4 Å². The standard InChI is InChI=1S/C16H19N3O2/c1-13(14-5-3-2-4-6-14)19-12-17-11-15(19)16(20)18-7-9-21-10-8-18/h2-6,11-13H,7-10H2,1H3. The van der Waals surface area contributed by atoms with E-state index in [1.165, 1.54) is 0 Å². The van der Waals surface area contributed by atoms with E-state index in [9.17, 15) is 4.79 Å². The Balaban J connectivity index is 1.85. The molecule has 2 aromatic rings. The highest BCUT2D eigenvalue weighted by atomic mass is 16.5. The second-order valence-electron chi connectivity index (χ2n) is 5.18. The molecule has 0 saturated carbocycles. The van der Waals surface area contributed by atoms with Gasteiger partial charge in [-0.3, -0.25) is 4.79 Å². The second kappa shape index (κ2) is 6.10. The van der Waals surface area contributed by atoms with Gasteiger partial charge in [-0.15, -0.1) is 0 Å². The molecule has 5 nitrogen and oxygen atoms in total. The van der Waals surface area contributed by atoms with Crippen LogP contribution in [0.3, 0.4) is 0 Å². The molecule has 1 atom stereocenters. The van der Waals surface area contributed by atoms with Crippen molar-refractivity contribution in [2.75, 3.05) is 26.3 Å². The van der Waals surface area contributed by atoms with Gasteiger partial charge in [-0.25, -0.2) is 4.98 Å². The Morgan fingerprint density at radius 1 is 1.24 bits per heavy atom. The summed E-state index contributed by atoms with van der Waals surface area (Å²) in [5.41, 5.74) is 1.79. The van der Waals surface area contributed by atoms with Crippen molar-refractivity contribution < 1.29 is 9.53 Å². The van der Waals surface area contributed by atoms with Gasteiger partial charge in [0.15, 0.2) is 0 Å². The summed E-state index contributed by atoms with van der Waals surface area (Å²) in [6.07, 6.45) is 3.38. The maximum Gasteiger partial charge on any atom is 0.272 e. The molecule has 1 amide bonds. The number of imidazole rings is 1. The van der Waals surface area contributed by atoms with Crippen molar-refractivity contribution in [3.8, 4) is 0 Å². The Labute approximate surface area is 124 Å². The van der Waals surface area contributed by atoms with Gasteiger partial charge in [0, 0.05) is 13.1 Å². The van der Waals surface area contributed by atoms with E-state index in [1.54, 1.807) is 12.5 Å². The first kappa shape index (κ1) is 13.8. The van der Waals surface area contributed by atoms with Gasteiger partial charge in [-0.05, 0) is 12.5 Å². The monoisotopic (exact) mass is 285 g/mol. The maximum absolute atomic E-state index is 12.6. The summed E-state index contributed by atoms with van der Waals surface area (Å²) in [6.45, 7) is 4.57. The van der Waals surface area contributed by atoms with Crippen molar-refractivity contribution in [3.05, 3.63) is 54.1 Å². The zero-order valence-corrected chi connectivity index (χ0v) is 12.1. The first-order valence-electron chi connectivity index (χ1n) is 7.21.